The molecular formula is C20H26LiO2P. The van der Waals surface area contributed by atoms with Crippen molar-refractivity contribution in [1.29, 1.82) is 0 Å². The van der Waals surface area contributed by atoms with Crippen molar-refractivity contribution in [2.24, 2.45) is 0 Å². The summed E-state index contributed by atoms with van der Waals surface area (Å²) >= 11 is 0. The summed E-state index contributed by atoms with van der Waals surface area (Å²) in [5, 5.41) is 2.40. The molecule has 0 saturated heterocycles. The van der Waals surface area contributed by atoms with Crippen molar-refractivity contribution >= 4 is 25.0 Å². The average Bonchev–Trinajstić information content (AvgIpc) is 2.55. The third-order valence-corrected chi connectivity index (χ3v) is 5.82. The third kappa shape index (κ3) is 5.57. The minimum Gasteiger partial charge on any atom is -1.00 e. The molecule has 0 N–H and O–H groups in total. The topological polar surface area (TPSA) is 26.3 Å². The van der Waals surface area contributed by atoms with Crippen molar-refractivity contribution in [2.45, 2.75) is 40.0 Å². The Morgan fingerprint density at radius 1 is 1.04 bits per heavy atom. The Balaban J connectivity index is 0.00000288. The largest absolute Gasteiger partial charge is 1.00 e. The number of aryl methyl sites for hydroxylation is 2. The van der Waals surface area contributed by atoms with E-state index in [0.29, 0.717) is 0 Å². The number of carbonyl (C=O) groups excluding carboxylic acids is 1. The van der Waals surface area contributed by atoms with Gasteiger partial charge in [0.1, 0.15) is 0 Å². The van der Waals surface area contributed by atoms with Crippen molar-refractivity contribution in [3.63, 3.8) is 0 Å². The maximum atomic E-state index is 11.2. The van der Waals surface area contributed by atoms with E-state index in [2.05, 4.69) is 43.3 Å². The summed E-state index contributed by atoms with van der Waals surface area (Å²) in [5.74, 6) is 0. The zero-order valence-corrected chi connectivity index (χ0v) is 16.1. The fraction of sp³-hybridized carbons (Fsp3) is 0.350. The number of carbonyl (C=O) groups is 1. The molecule has 2 rings (SSSR count). The normalized spacial score (nSPS) is 11.6. The molecule has 0 heterocycles. The number of hydrogen-bond acceptors (Lipinski definition) is 2. The molecule has 0 saturated carbocycles. The van der Waals surface area contributed by atoms with Crippen molar-refractivity contribution in [1.82, 2.24) is 0 Å². The second-order valence-corrected chi connectivity index (χ2v) is 7.66. The summed E-state index contributed by atoms with van der Waals surface area (Å²) in [7, 11) is -0.833. The van der Waals surface area contributed by atoms with Gasteiger partial charge in [-0.1, -0.05) is 50.1 Å². The average molecular weight is 336 g/mol. The summed E-state index contributed by atoms with van der Waals surface area (Å²) in [6, 6.07) is 14.6. The van der Waals surface area contributed by atoms with E-state index in [-0.39, 0.29) is 20.3 Å². The van der Waals surface area contributed by atoms with E-state index in [1.54, 1.807) is 0 Å². The summed E-state index contributed by atoms with van der Waals surface area (Å²) in [5.41, 5.74) is 2.84. The molecule has 1 atom stereocenters. The fourth-order valence-corrected chi connectivity index (χ4v) is 4.60. The third-order valence-electron chi connectivity index (χ3n) is 3.89. The van der Waals surface area contributed by atoms with Crippen LogP contribution in [0.1, 0.15) is 49.1 Å². The minimum absolute atomic E-state index is 0. The Morgan fingerprint density at radius 2 is 1.67 bits per heavy atom. The summed E-state index contributed by atoms with van der Waals surface area (Å²) in [6.45, 7) is 6.97. The van der Waals surface area contributed by atoms with Gasteiger partial charge in [-0.05, 0) is 43.5 Å². The van der Waals surface area contributed by atoms with Crippen molar-refractivity contribution in [3.05, 3.63) is 59.2 Å². The first kappa shape index (κ1) is 21.1. The smallest absolute Gasteiger partial charge is 1.00 e. The van der Waals surface area contributed by atoms with Crippen LogP contribution < -0.4 is 29.5 Å². The number of unbranched alkanes of at least 4 members (excludes halogenated alkanes) is 2. The van der Waals surface area contributed by atoms with Crippen molar-refractivity contribution in [3.8, 4) is 0 Å². The SMILES string of the molecule is CCCCCOP(c1ccccc1)c1cc(C)c(C=O)c(C)c1.[H-].[Li+]. The monoisotopic (exact) mass is 336 g/mol. The maximum absolute atomic E-state index is 11.2. The molecule has 0 amide bonds. The van der Waals surface area contributed by atoms with Gasteiger partial charge in [0.25, 0.3) is 0 Å². The molecule has 0 radical (unpaired) electrons. The molecule has 0 spiro atoms. The second kappa shape index (κ2) is 10.9. The van der Waals surface area contributed by atoms with Gasteiger partial charge in [0, 0.05) is 16.2 Å². The van der Waals surface area contributed by atoms with Crippen LogP contribution in [0.2, 0.25) is 0 Å². The van der Waals surface area contributed by atoms with Gasteiger partial charge in [-0.2, -0.15) is 0 Å². The molecule has 24 heavy (non-hydrogen) atoms. The van der Waals surface area contributed by atoms with Crippen LogP contribution >= 0.6 is 8.15 Å². The first-order valence-electron chi connectivity index (χ1n) is 8.22. The van der Waals surface area contributed by atoms with Crippen LogP contribution in [0, 0.1) is 13.8 Å². The van der Waals surface area contributed by atoms with Crippen LogP contribution in [0.3, 0.4) is 0 Å². The Bertz CT molecular complexity index is 626. The van der Waals surface area contributed by atoms with Gasteiger partial charge < -0.3 is 5.95 Å². The molecule has 0 fully saturated rings. The van der Waals surface area contributed by atoms with Crippen molar-refractivity contribution in [2.75, 3.05) is 6.61 Å². The van der Waals surface area contributed by atoms with E-state index in [1.165, 1.54) is 23.5 Å². The molecule has 2 nitrogen and oxygen atoms in total. The van der Waals surface area contributed by atoms with E-state index >= 15 is 0 Å². The van der Waals surface area contributed by atoms with Gasteiger partial charge in [0.2, 0.25) is 0 Å². The fourth-order valence-electron chi connectivity index (χ4n) is 2.62. The van der Waals surface area contributed by atoms with Gasteiger partial charge in [-0.3, -0.25) is 4.79 Å². The molecule has 0 aliphatic rings. The zero-order chi connectivity index (χ0) is 16.7. The van der Waals surface area contributed by atoms with Crippen LogP contribution in [0.25, 0.3) is 0 Å². The number of rotatable bonds is 8. The predicted molar refractivity (Wildman–Crippen MR) is 101 cm³/mol. The molecule has 2 aromatic rings. The Kier molecular flexibility index (Phi) is 9.56. The molecule has 1 unspecified atom stereocenters. The van der Waals surface area contributed by atoms with E-state index in [9.17, 15) is 4.79 Å². The quantitative estimate of drug-likeness (QED) is 0.318. The molecule has 0 bridgehead atoms. The molecule has 0 aliphatic heterocycles. The van der Waals surface area contributed by atoms with Crippen molar-refractivity contribution < 1.29 is 29.6 Å². The van der Waals surface area contributed by atoms with Gasteiger partial charge in [0.05, 0.1) is 14.8 Å². The maximum Gasteiger partial charge on any atom is 1.00 e. The minimum atomic E-state index is -0.833. The molecule has 0 aromatic heterocycles. The van der Waals surface area contributed by atoms with Crippen LogP contribution in [0.15, 0.2) is 42.5 Å². The van der Waals surface area contributed by atoms with Gasteiger partial charge >= 0.3 is 18.9 Å². The van der Waals surface area contributed by atoms with Crippen LogP contribution in [-0.4, -0.2) is 12.9 Å². The summed E-state index contributed by atoms with van der Waals surface area (Å²) in [6.07, 6.45) is 4.42. The molecule has 4 heteroatoms. The van der Waals surface area contributed by atoms with Gasteiger partial charge in [0.15, 0.2) is 6.29 Å². The number of aldehydes is 1. The van der Waals surface area contributed by atoms with Gasteiger partial charge in [-0.15, -0.1) is 0 Å². The number of benzene rings is 2. The van der Waals surface area contributed by atoms with E-state index < -0.39 is 8.15 Å². The molecule has 124 valence electrons. The molecular weight excluding hydrogens is 310 g/mol. The first-order valence-corrected chi connectivity index (χ1v) is 9.47. The van der Waals surface area contributed by atoms with Crippen LogP contribution in [-0.2, 0) is 4.52 Å². The van der Waals surface area contributed by atoms with E-state index in [0.717, 1.165) is 36.0 Å². The Hall–Kier alpha value is -0.903. The summed E-state index contributed by atoms with van der Waals surface area (Å²) in [4.78, 5) is 11.2. The predicted octanol–water partition coefficient (Wildman–Crippen LogP) is 1.79. The Morgan fingerprint density at radius 3 is 2.21 bits per heavy atom. The molecule has 2 aromatic carbocycles. The van der Waals surface area contributed by atoms with Crippen LogP contribution in [0.4, 0.5) is 0 Å². The van der Waals surface area contributed by atoms with Gasteiger partial charge in [-0.25, -0.2) is 0 Å². The van der Waals surface area contributed by atoms with E-state index in [1.807, 2.05) is 19.9 Å². The standard InChI is InChI=1S/C20H25O2P.Li.H/c1-4-5-9-12-22-23(18-10-7-6-8-11-18)19-13-16(2)20(15-21)17(3)14-19;;/h6-8,10-11,13-15H,4-5,9,12H2,1-3H3;;/q;+1;-1. The summed E-state index contributed by atoms with van der Waals surface area (Å²) < 4.78 is 6.28. The second-order valence-electron chi connectivity index (χ2n) is 5.78. The number of hydrogen-bond donors (Lipinski definition) is 0. The molecule has 0 aliphatic carbocycles. The van der Waals surface area contributed by atoms with E-state index in [4.69, 9.17) is 4.52 Å². The van der Waals surface area contributed by atoms with Crippen LogP contribution in [0.5, 0.6) is 0 Å². The Labute approximate surface area is 160 Å². The first-order chi connectivity index (χ1) is 11.2. The zero-order valence-electron chi connectivity index (χ0n) is 16.2.